The van der Waals surface area contributed by atoms with E-state index in [2.05, 4.69) is 19.9 Å². The summed E-state index contributed by atoms with van der Waals surface area (Å²) in [6.45, 7) is 0. The highest BCUT2D eigenvalue weighted by Crippen LogP contribution is 1.98. The summed E-state index contributed by atoms with van der Waals surface area (Å²) >= 11 is 0. The second-order valence-electron chi connectivity index (χ2n) is 2.05. The zero-order chi connectivity index (χ0) is 7.84. The minimum Gasteiger partial charge on any atom is -0.369 e. The molecule has 0 saturated carbocycles. The van der Waals surface area contributed by atoms with E-state index in [0.29, 0.717) is 11.2 Å². The smallest absolute Gasteiger partial charge is 0.278 e. The Labute approximate surface area is 60.5 Å². The molecule has 0 aromatic carbocycles. The van der Waals surface area contributed by atoms with Crippen LogP contribution in [0.3, 0.4) is 0 Å². The van der Waals surface area contributed by atoms with Gasteiger partial charge in [0.2, 0.25) is 5.95 Å². The van der Waals surface area contributed by atoms with Crippen molar-refractivity contribution in [2.45, 2.75) is 0 Å². The van der Waals surface area contributed by atoms with Crippen LogP contribution in [-0.2, 0) is 0 Å². The number of aromatic amines is 2. The first-order valence-corrected chi connectivity index (χ1v) is 2.96. The lowest BCUT2D eigenvalue weighted by Crippen LogP contribution is -2.10. The summed E-state index contributed by atoms with van der Waals surface area (Å²) in [5, 5.41) is 0. The molecule has 0 atom stereocenters. The van der Waals surface area contributed by atoms with Crippen LogP contribution < -0.4 is 11.3 Å². The summed E-state index contributed by atoms with van der Waals surface area (Å²) in [7, 11) is 0. The van der Waals surface area contributed by atoms with Gasteiger partial charge in [-0.1, -0.05) is 0 Å². The number of nitrogen functional groups attached to an aromatic ring is 1. The Morgan fingerprint density at radius 1 is 1.55 bits per heavy atom. The van der Waals surface area contributed by atoms with Gasteiger partial charge < -0.3 is 10.7 Å². The van der Waals surface area contributed by atoms with Crippen LogP contribution in [0.25, 0.3) is 11.2 Å². The molecule has 0 aliphatic heterocycles. The van der Waals surface area contributed by atoms with Crippen molar-refractivity contribution in [3.8, 4) is 0 Å². The van der Waals surface area contributed by atoms with Gasteiger partial charge in [0.25, 0.3) is 5.56 Å². The fourth-order valence-corrected chi connectivity index (χ4v) is 0.860. The highest BCUT2D eigenvalue weighted by atomic mass is 16.2. The van der Waals surface area contributed by atoms with E-state index < -0.39 is 0 Å². The van der Waals surface area contributed by atoms with Crippen molar-refractivity contribution in [3.63, 3.8) is 0 Å². The van der Waals surface area contributed by atoms with E-state index in [0.717, 1.165) is 0 Å². The van der Waals surface area contributed by atoms with E-state index >= 15 is 0 Å². The predicted molar refractivity (Wildman–Crippen MR) is 38.9 cm³/mol. The second kappa shape index (κ2) is 1.82. The molecule has 0 aliphatic carbocycles. The number of H-pyrrole nitrogens is 2. The Morgan fingerprint density at radius 2 is 2.36 bits per heavy atom. The fraction of sp³-hybridized carbons (Fsp3) is 0. The van der Waals surface area contributed by atoms with Crippen LogP contribution in [0.4, 0.5) is 5.95 Å². The summed E-state index contributed by atoms with van der Waals surface area (Å²) in [4.78, 5) is 23.5. The number of nitrogens with two attached hydrogens (primary N) is 1. The number of hydrogen-bond acceptors (Lipinski definition) is 4. The van der Waals surface area contributed by atoms with Crippen molar-refractivity contribution >= 4 is 17.1 Å². The third-order valence-electron chi connectivity index (χ3n) is 1.31. The number of hydrogen-bond donors (Lipinski definition) is 3. The largest absolute Gasteiger partial charge is 0.369 e. The maximum Gasteiger partial charge on any atom is 0.278 e. The van der Waals surface area contributed by atoms with Crippen molar-refractivity contribution in [1.82, 2.24) is 19.9 Å². The predicted octanol–water partition coefficient (Wildman–Crippen LogP) is -0.772. The lowest BCUT2D eigenvalue weighted by molar-refractivity contribution is 1.17. The molecule has 2 rings (SSSR count). The molecule has 0 radical (unpaired) electrons. The van der Waals surface area contributed by atoms with Crippen LogP contribution in [0.15, 0.2) is 11.1 Å². The van der Waals surface area contributed by atoms with Crippen LogP contribution in [0, 0.1) is 0 Å². The summed E-state index contributed by atoms with van der Waals surface area (Å²) in [5.41, 5.74) is 5.65. The van der Waals surface area contributed by atoms with Crippen molar-refractivity contribution in [2.24, 2.45) is 0 Å². The molecule has 0 bridgehead atoms. The molecule has 56 valence electrons. The molecule has 2 heterocycles. The first-order valence-electron chi connectivity index (χ1n) is 2.96. The minimum atomic E-state index is -0.301. The lowest BCUT2D eigenvalue weighted by atomic mass is 11.5. The van der Waals surface area contributed by atoms with Crippen molar-refractivity contribution in [3.05, 3.63) is 16.7 Å². The van der Waals surface area contributed by atoms with Gasteiger partial charge >= 0.3 is 0 Å². The summed E-state index contributed by atoms with van der Waals surface area (Å²) in [6.07, 6.45) is 1.40. The van der Waals surface area contributed by atoms with Gasteiger partial charge in [-0.25, -0.2) is 4.98 Å². The van der Waals surface area contributed by atoms with E-state index in [1.165, 1.54) is 6.33 Å². The topological polar surface area (TPSA) is 100 Å². The second-order valence-corrected chi connectivity index (χ2v) is 2.05. The van der Waals surface area contributed by atoms with E-state index in [9.17, 15) is 4.79 Å². The molecule has 0 amide bonds. The van der Waals surface area contributed by atoms with Crippen molar-refractivity contribution in [2.75, 3.05) is 5.73 Å². The summed E-state index contributed by atoms with van der Waals surface area (Å²) in [5.74, 6) is 0.0783. The number of anilines is 1. The van der Waals surface area contributed by atoms with Gasteiger partial charge in [-0.2, -0.15) is 4.98 Å². The number of fused-ring (bicyclic) bond motifs is 1. The lowest BCUT2D eigenvalue weighted by Gasteiger charge is -1.89. The summed E-state index contributed by atoms with van der Waals surface area (Å²) in [6, 6.07) is 0. The van der Waals surface area contributed by atoms with E-state index in [1.54, 1.807) is 0 Å². The van der Waals surface area contributed by atoms with Gasteiger partial charge in [0.15, 0.2) is 11.2 Å². The maximum atomic E-state index is 11.0. The Morgan fingerprint density at radius 3 is 3.18 bits per heavy atom. The normalized spacial score (nSPS) is 10.5. The van der Waals surface area contributed by atoms with Crippen LogP contribution in [-0.4, -0.2) is 19.9 Å². The first kappa shape index (κ1) is 5.90. The molecule has 2 aromatic rings. The Balaban J connectivity index is 3.02. The molecule has 2 aromatic heterocycles. The standard InChI is InChI=1S/C5H5N5O/c6-5-9-3-2(4(11)10-5)7-1-8-3/h1H,(H4,6,7,8,9,10,11)/i1+1,2+1,3+1,4+1,5+1,6+1,7+1,8+1,9+1,10+1. The quantitative estimate of drug-likeness (QED) is 0.441. The van der Waals surface area contributed by atoms with Crippen LogP contribution in [0.1, 0.15) is 0 Å². The van der Waals surface area contributed by atoms with E-state index in [-0.39, 0.29) is 11.5 Å². The molecule has 6 heteroatoms. The molecule has 0 unspecified atom stereocenters. The zero-order valence-corrected chi connectivity index (χ0v) is 5.46. The van der Waals surface area contributed by atoms with Gasteiger partial charge in [0.05, 0.1) is 6.33 Å². The molecular formula is C5H5N5O. The fourth-order valence-electron chi connectivity index (χ4n) is 0.860. The number of rotatable bonds is 0. The molecule has 6 nitrogen and oxygen atoms in total. The molecule has 0 spiro atoms. The van der Waals surface area contributed by atoms with Crippen LogP contribution in [0.2, 0.25) is 0 Å². The average molecular weight is 161 g/mol. The Hall–Kier alpha value is -1.85. The zero-order valence-electron chi connectivity index (χ0n) is 5.46. The monoisotopic (exact) mass is 161 g/mol. The Bertz CT molecular complexity index is 441. The molecular weight excluding hydrogens is 156 g/mol. The van der Waals surface area contributed by atoms with Crippen LogP contribution in [0.5, 0.6) is 0 Å². The van der Waals surface area contributed by atoms with Crippen molar-refractivity contribution in [1.29, 1.82) is 0 Å². The molecule has 4 N–H and O–H groups in total. The van der Waals surface area contributed by atoms with Gasteiger partial charge in [0.1, 0.15) is 0 Å². The average Bonchev–Trinajstić information content (AvgIpc) is 2.34. The number of aromatic nitrogens is 4. The summed E-state index contributed by atoms with van der Waals surface area (Å²) < 4.78 is 0. The number of nitrogens with one attached hydrogen (secondary N) is 2. The molecule has 0 aliphatic rings. The third kappa shape index (κ3) is 0.759. The van der Waals surface area contributed by atoms with Gasteiger partial charge in [-0.3, -0.25) is 9.78 Å². The number of imidazole rings is 1. The first-order chi connectivity index (χ1) is 5.27. The maximum absolute atomic E-state index is 11.0. The highest BCUT2D eigenvalue weighted by molar-refractivity contribution is 5.69. The Kier molecular flexibility index (Phi) is 0.974. The minimum absolute atomic E-state index is 0.0783. The molecule has 11 heavy (non-hydrogen) atoms. The highest BCUT2D eigenvalue weighted by Gasteiger charge is 2.01. The van der Waals surface area contributed by atoms with E-state index in [1.807, 2.05) is 0 Å². The van der Waals surface area contributed by atoms with Gasteiger partial charge in [-0.15, -0.1) is 0 Å². The van der Waals surface area contributed by atoms with E-state index in [4.69, 9.17) is 5.73 Å². The van der Waals surface area contributed by atoms with Crippen molar-refractivity contribution < 1.29 is 0 Å². The molecule has 0 fully saturated rings. The molecule has 0 saturated heterocycles. The van der Waals surface area contributed by atoms with Gasteiger partial charge in [-0.05, 0) is 0 Å². The SMILES string of the molecule is [15NH2][13c]1[15n][13c]2[15n][13cH][15nH][13c]2[13c](=O)[15nH]1. The third-order valence-corrected chi connectivity index (χ3v) is 1.31. The van der Waals surface area contributed by atoms with Gasteiger partial charge in [0, 0.05) is 0 Å². The number of nitrogens with zero attached hydrogens (tertiary/aromatic N) is 2. The van der Waals surface area contributed by atoms with Crippen LogP contribution >= 0.6 is 0 Å².